The lowest BCUT2D eigenvalue weighted by Gasteiger charge is -2.08. The lowest BCUT2D eigenvalue weighted by Crippen LogP contribution is -1.96. The fourth-order valence-electron chi connectivity index (χ4n) is 2.40. The number of hydrogen-bond acceptors (Lipinski definition) is 3. The molecule has 0 aromatic heterocycles. The van der Waals surface area contributed by atoms with Gasteiger partial charge < -0.3 is 0 Å². The fourth-order valence-corrected chi connectivity index (χ4v) is 4.32. The molecule has 1 rings (SSSR count). The number of aliphatic imine (C=N–C) groups is 1. The van der Waals surface area contributed by atoms with E-state index >= 15 is 0 Å². The molecule has 0 N–H and O–H groups in total. The summed E-state index contributed by atoms with van der Waals surface area (Å²) in [5.41, 5.74) is 2.36. The average molecular weight is 378 g/mol. The quantitative estimate of drug-likeness (QED) is 0.195. The monoisotopic (exact) mass is 377 g/mol. The van der Waals surface area contributed by atoms with E-state index in [0.717, 1.165) is 11.4 Å². The number of benzene rings is 1. The fraction of sp³-hybridized carbons (Fsp3) is 0.591. The van der Waals surface area contributed by atoms with E-state index in [2.05, 4.69) is 50.4 Å². The van der Waals surface area contributed by atoms with Crippen molar-refractivity contribution >= 4 is 34.3 Å². The number of nitrogens with zero attached hydrogens (tertiary/aromatic N) is 1. The van der Waals surface area contributed by atoms with Crippen molar-refractivity contribution in [2.24, 2.45) is 4.99 Å². The van der Waals surface area contributed by atoms with Crippen molar-refractivity contribution in [3.8, 4) is 0 Å². The first-order valence-corrected chi connectivity index (χ1v) is 11.9. The Morgan fingerprint density at radius 1 is 0.880 bits per heavy atom. The molecule has 3 heteroatoms. The van der Waals surface area contributed by atoms with Gasteiger partial charge in [0.25, 0.3) is 0 Å². The Labute approximate surface area is 164 Å². The summed E-state index contributed by atoms with van der Waals surface area (Å²) in [4.78, 5) is 4.90. The van der Waals surface area contributed by atoms with E-state index in [1.54, 1.807) is 0 Å². The van der Waals surface area contributed by atoms with Crippen molar-refractivity contribution in [1.29, 1.82) is 0 Å². The Hall–Kier alpha value is -0.670. The first kappa shape index (κ1) is 22.4. The Morgan fingerprint density at radius 2 is 1.52 bits per heavy atom. The van der Waals surface area contributed by atoms with E-state index in [1.165, 1.54) is 67.7 Å². The molecule has 0 fully saturated rings. The Morgan fingerprint density at radius 3 is 2.16 bits per heavy atom. The third kappa shape index (κ3) is 11.5. The first-order chi connectivity index (χ1) is 12.3. The number of hydrogen-bond donors (Lipinski definition) is 0. The lowest BCUT2D eigenvalue weighted by atomic mass is 10.2. The molecule has 0 aliphatic heterocycles. The smallest absolute Gasteiger partial charge is 0.100 e. The molecule has 0 spiro atoms. The molecule has 0 atom stereocenters. The van der Waals surface area contributed by atoms with Gasteiger partial charge in [0.1, 0.15) is 5.04 Å². The standard InChI is InChI=1S/C22H35NS2/c1-4-6-8-13-17-24-19-20(3)22(25-18-14-9-7-5-2)23-21-15-11-10-12-16-21/h10-12,15-16,19H,4-9,13-14,17-18H2,1-3H3/b20-19+,23-22-. The molecular formula is C22H35NS2. The molecule has 1 aromatic carbocycles. The molecule has 0 unspecified atom stereocenters. The summed E-state index contributed by atoms with van der Waals surface area (Å²) in [7, 11) is 0. The van der Waals surface area contributed by atoms with Crippen molar-refractivity contribution < 1.29 is 0 Å². The molecule has 0 saturated heterocycles. The molecular weight excluding hydrogens is 342 g/mol. The Bertz CT molecular complexity index is 494. The maximum absolute atomic E-state index is 4.90. The van der Waals surface area contributed by atoms with Crippen molar-refractivity contribution in [2.45, 2.75) is 72.1 Å². The minimum Gasteiger partial charge on any atom is -0.242 e. The zero-order valence-corrected chi connectivity index (χ0v) is 17.9. The topological polar surface area (TPSA) is 12.4 Å². The highest BCUT2D eigenvalue weighted by Crippen LogP contribution is 2.23. The molecule has 0 saturated carbocycles. The van der Waals surface area contributed by atoms with Gasteiger partial charge in [0.05, 0.1) is 5.69 Å². The highest BCUT2D eigenvalue weighted by molar-refractivity contribution is 8.14. The van der Waals surface area contributed by atoms with Crippen LogP contribution in [-0.2, 0) is 0 Å². The van der Waals surface area contributed by atoms with Crippen LogP contribution in [0.1, 0.15) is 72.1 Å². The second kappa shape index (κ2) is 15.6. The number of unbranched alkanes of at least 4 members (excludes halogenated alkanes) is 6. The van der Waals surface area contributed by atoms with Crippen molar-refractivity contribution in [2.75, 3.05) is 11.5 Å². The SMILES string of the molecule is CCCCCCS/C=C(C)/C(=N/c1ccccc1)SCCCCCC. The van der Waals surface area contributed by atoms with E-state index in [-0.39, 0.29) is 0 Å². The van der Waals surface area contributed by atoms with Crippen LogP contribution in [0.3, 0.4) is 0 Å². The van der Waals surface area contributed by atoms with Crippen LogP contribution in [0.15, 0.2) is 46.3 Å². The Balaban J connectivity index is 2.58. The van der Waals surface area contributed by atoms with Crippen molar-refractivity contribution in [1.82, 2.24) is 0 Å². The number of rotatable bonds is 13. The van der Waals surface area contributed by atoms with E-state index in [0.29, 0.717) is 0 Å². The van der Waals surface area contributed by atoms with Crippen LogP contribution < -0.4 is 0 Å². The molecule has 0 aliphatic rings. The van der Waals surface area contributed by atoms with Gasteiger partial charge in [0, 0.05) is 0 Å². The van der Waals surface area contributed by atoms with Gasteiger partial charge in [-0.1, -0.05) is 70.6 Å². The third-order valence-electron chi connectivity index (χ3n) is 3.94. The van der Waals surface area contributed by atoms with Crippen LogP contribution in [-0.4, -0.2) is 16.5 Å². The predicted octanol–water partition coefficient (Wildman–Crippen LogP) is 8.25. The van der Waals surface area contributed by atoms with Gasteiger partial charge in [-0.2, -0.15) is 0 Å². The molecule has 140 valence electrons. The van der Waals surface area contributed by atoms with Gasteiger partial charge in [0.15, 0.2) is 0 Å². The summed E-state index contributed by atoms with van der Waals surface area (Å²) in [5.74, 6) is 2.38. The maximum atomic E-state index is 4.90. The second-order valence-corrected chi connectivity index (χ2v) is 8.45. The summed E-state index contributed by atoms with van der Waals surface area (Å²) in [6.07, 6.45) is 10.6. The normalized spacial score (nSPS) is 12.6. The maximum Gasteiger partial charge on any atom is 0.100 e. The summed E-state index contributed by atoms with van der Waals surface area (Å²) in [5, 5.41) is 3.50. The van der Waals surface area contributed by atoms with Gasteiger partial charge in [0.2, 0.25) is 0 Å². The largest absolute Gasteiger partial charge is 0.242 e. The molecule has 1 nitrogen and oxygen atoms in total. The van der Waals surface area contributed by atoms with E-state index in [4.69, 9.17) is 4.99 Å². The Kier molecular flexibility index (Phi) is 13.9. The second-order valence-electron chi connectivity index (χ2n) is 6.39. The van der Waals surface area contributed by atoms with Gasteiger partial charge >= 0.3 is 0 Å². The molecule has 0 amide bonds. The van der Waals surface area contributed by atoms with Crippen LogP contribution in [0.4, 0.5) is 5.69 Å². The molecule has 0 aliphatic carbocycles. The van der Waals surface area contributed by atoms with Crippen molar-refractivity contribution in [3.05, 3.63) is 41.3 Å². The van der Waals surface area contributed by atoms with Crippen LogP contribution in [0, 0.1) is 0 Å². The van der Waals surface area contributed by atoms with Crippen LogP contribution in [0.5, 0.6) is 0 Å². The van der Waals surface area contributed by atoms with Gasteiger partial charge in [-0.25, -0.2) is 4.99 Å². The summed E-state index contributed by atoms with van der Waals surface area (Å²) >= 11 is 3.86. The average Bonchev–Trinajstić information content (AvgIpc) is 2.64. The molecule has 25 heavy (non-hydrogen) atoms. The summed E-state index contributed by atoms with van der Waals surface area (Å²) in [6, 6.07) is 10.3. The van der Waals surface area contributed by atoms with Gasteiger partial charge in [-0.3, -0.25) is 0 Å². The number of para-hydroxylation sites is 1. The minimum atomic E-state index is 1.05. The predicted molar refractivity (Wildman–Crippen MR) is 120 cm³/mol. The zero-order valence-electron chi connectivity index (χ0n) is 16.3. The highest BCUT2D eigenvalue weighted by Gasteiger charge is 2.04. The molecule has 1 aromatic rings. The molecule has 0 radical (unpaired) electrons. The zero-order chi connectivity index (χ0) is 18.2. The molecule has 0 heterocycles. The summed E-state index contributed by atoms with van der Waals surface area (Å²) < 4.78 is 0. The van der Waals surface area contributed by atoms with Crippen molar-refractivity contribution in [3.63, 3.8) is 0 Å². The molecule has 0 bridgehead atoms. The number of thioether (sulfide) groups is 2. The van der Waals surface area contributed by atoms with E-state index in [9.17, 15) is 0 Å². The van der Waals surface area contributed by atoms with Gasteiger partial charge in [-0.15, -0.1) is 23.5 Å². The van der Waals surface area contributed by atoms with Crippen LogP contribution >= 0.6 is 23.5 Å². The van der Waals surface area contributed by atoms with Crippen LogP contribution in [0.2, 0.25) is 0 Å². The third-order valence-corrected chi connectivity index (χ3v) is 6.16. The van der Waals surface area contributed by atoms with E-state index in [1.807, 2.05) is 29.6 Å². The first-order valence-electron chi connectivity index (χ1n) is 9.83. The van der Waals surface area contributed by atoms with Gasteiger partial charge in [-0.05, 0) is 54.4 Å². The highest BCUT2D eigenvalue weighted by atomic mass is 32.2. The summed E-state index contributed by atoms with van der Waals surface area (Å²) in [6.45, 7) is 6.74. The lowest BCUT2D eigenvalue weighted by molar-refractivity contribution is 0.707. The minimum absolute atomic E-state index is 1.05. The van der Waals surface area contributed by atoms with Crippen LogP contribution in [0.25, 0.3) is 0 Å². The van der Waals surface area contributed by atoms with E-state index < -0.39 is 0 Å².